The summed E-state index contributed by atoms with van der Waals surface area (Å²) in [4.78, 5) is 3.79. The first kappa shape index (κ1) is 20.4. The van der Waals surface area contributed by atoms with Crippen LogP contribution in [0.1, 0.15) is 11.4 Å². The van der Waals surface area contributed by atoms with Crippen molar-refractivity contribution in [1.29, 1.82) is 0 Å². The van der Waals surface area contributed by atoms with Gasteiger partial charge in [-0.1, -0.05) is 22.9 Å². The van der Waals surface area contributed by atoms with E-state index < -0.39 is 20.8 Å². The lowest BCUT2D eigenvalue weighted by Crippen LogP contribution is -1.98. The molecule has 158 valence electrons. The molecule has 10 nitrogen and oxygen atoms in total. The summed E-state index contributed by atoms with van der Waals surface area (Å²) >= 11 is 0. The number of fused-ring (bicyclic) bond motifs is 1. The smallest absolute Gasteiger partial charge is 0.294 e. The van der Waals surface area contributed by atoms with Gasteiger partial charge in [0.15, 0.2) is 5.82 Å². The number of hydrogen-bond donors (Lipinski definition) is 3. The van der Waals surface area contributed by atoms with Gasteiger partial charge < -0.3 is 15.4 Å². The first-order valence-corrected chi connectivity index (χ1v) is 10.4. The van der Waals surface area contributed by atoms with Crippen molar-refractivity contribution in [3.05, 3.63) is 53.9 Å². The number of aromatic nitrogens is 2. The predicted molar refractivity (Wildman–Crippen MR) is 113 cm³/mol. The molecule has 0 amide bonds. The molecule has 4 rings (SSSR count). The summed E-state index contributed by atoms with van der Waals surface area (Å²) in [6, 6.07) is 10.6. The third kappa shape index (κ3) is 3.96. The summed E-state index contributed by atoms with van der Waals surface area (Å²) in [6.07, 6.45) is 0. The minimum atomic E-state index is -4.48. The first-order chi connectivity index (χ1) is 14.6. The number of benzene rings is 3. The SMILES string of the molecule is Cc1ccc(N=Nc2ccc3cc(S(=O)(=O)O)cc(O)c3c2N)c(-c2nc(C)no2)c1. The highest BCUT2D eigenvalue weighted by Gasteiger charge is 2.17. The van der Waals surface area contributed by atoms with E-state index in [1.165, 1.54) is 18.2 Å². The maximum absolute atomic E-state index is 11.4. The van der Waals surface area contributed by atoms with Gasteiger partial charge in [0.25, 0.3) is 16.0 Å². The largest absolute Gasteiger partial charge is 0.507 e. The number of nitrogens with zero attached hydrogens (tertiary/aromatic N) is 4. The minimum Gasteiger partial charge on any atom is -0.507 e. The molecule has 0 aliphatic heterocycles. The molecule has 0 unspecified atom stereocenters. The topological polar surface area (TPSA) is 164 Å². The zero-order chi connectivity index (χ0) is 22.3. The second-order valence-electron chi connectivity index (χ2n) is 6.88. The van der Waals surface area contributed by atoms with Crippen LogP contribution in [0, 0.1) is 13.8 Å². The monoisotopic (exact) mass is 439 g/mol. The Morgan fingerprint density at radius 2 is 1.74 bits per heavy atom. The van der Waals surface area contributed by atoms with E-state index in [-0.39, 0.29) is 16.8 Å². The van der Waals surface area contributed by atoms with Gasteiger partial charge in [-0.2, -0.15) is 13.4 Å². The molecule has 1 heterocycles. The van der Waals surface area contributed by atoms with Crippen molar-refractivity contribution >= 4 is 38.0 Å². The number of rotatable bonds is 4. The highest BCUT2D eigenvalue weighted by atomic mass is 32.2. The molecule has 0 atom stereocenters. The molecule has 0 fully saturated rings. The van der Waals surface area contributed by atoms with E-state index in [4.69, 9.17) is 10.3 Å². The highest BCUT2D eigenvalue weighted by molar-refractivity contribution is 7.85. The Bertz CT molecular complexity index is 1460. The average Bonchev–Trinajstić information content (AvgIpc) is 3.13. The molecule has 31 heavy (non-hydrogen) atoms. The van der Waals surface area contributed by atoms with E-state index in [0.717, 1.165) is 11.6 Å². The van der Waals surface area contributed by atoms with Crippen molar-refractivity contribution in [2.75, 3.05) is 5.73 Å². The first-order valence-electron chi connectivity index (χ1n) is 8.99. The summed E-state index contributed by atoms with van der Waals surface area (Å²) < 4.78 is 37.2. The normalized spacial score (nSPS) is 12.1. The summed E-state index contributed by atoms with van der Waals surface area (Å²) in [6.45, 7) is 3.62. The average molecular weight is 439 g/mol. The molecule has 0 saturated carbocycles. The molecule has 11 heteroatoms. The molecule has 4 N–H and O–H groups in total. The van der Waals surface area contributed by atoms with Gasteiger partial charge >= 0.3 is 0 Å². The van der Waals surface area contributed by atoms with E-state index in [9.17, 15) is 18.1 Å². The van der Waals surface area contributed by atoms with Crippen LogP contribution in [-0.2, 0) is 10.1 Å². The lowest BCUT2D eigenvalue weighted by atomic mass is 10.1. The highest BCUT2D eigenvalue weighted by Crippen LogP contribution is 2.39. The molecule has 0 bridgehead atoms. The van der Waals surface area contributed by atoms with Gasteiger partial charge in [0.1, 0.15) is 11.4 Å². The number of aromatic hydroxyl groups is 1. The Hall–Kier alpha value is -3.83. The Balaban J connectivity index is 1.79. The number of aryl methyl sites for hydroxylation is 2. The van der Waals surface area contributed by atoms with Gasteiger partial charge in [0.05, 0.1) is 21.8 Å². The molecule has 0 spiro atoms. The molecule has 0 aliphatic rings. The molecule has 1 aromatic heterocycles. The van der Waals surface area contributed by atoms with E-state index in [1.807, 2.05) is 19.1 Å². The van der Waals surface area contributed by atoms with E-state index in [2.05, 4.69) is 20.4 Å². The van der Waals surface area contributed by atoms with Crippen molar-refractivity contribution < 1.29 is 22.6 Å². The third-order valence-corrected chi connectivity index (χ3v) is 5.39. The van der Waals surface area contributed by atoms with Gasteiger partial charge in [-0.15, -0.1) is 10.2 Å². The van der Waals surface area contributed by atoms with Crippen LogP contribution in [0.3, 0.4) is 0 Å². The van der Waals surface area contributed by atoms with E-state index in [0.29, 0.717) is 28.4 Å². The van der Waals surface area contributed by atoms with E-state index in [1.54, 1.807) is 13.0 Å². The summed E-state index contributed by atoms with van der Waals surface area (Å²) in [5.74, 6) is 0.381. The number of nitrogen functional groups attached to an aromatic ring is 1. The van der Waals surface area contributed by atoms with Crippen LogP contribution >= 0.6 is 0 Å². The molecule has 4 aromatic rings. The fourth-order valence-electron chi connectivity index (χ4n) is 3.09. The number of phenols is 1. The maximum Gasteiger partial charge on any atom is 0.294 e. The second kappa shape index (κ2) is 7.45. The standard InChI is InChI=1S/C20H17N5O5S/c1-10-3-5-15(14(7-10)20-22-11(2)25-30-20)23-24-16-6-4-12-8-13(31(27,28)29)9-17(26)18(12)19(16)21/h3-9,26H,21H2,1-2H3,(H,27,28,29). The Kier molecular flexibility index (Phi) is 4.91. The quantitative estimate of drug-likeness (QED) is 0.238. The minimum absolute atomic E-state index is 0.0999. The number of nitrogens with two attached hydrogens (primary N) is 1. The summed E-state index contributed by atoms with van der Waals surface area (Å²) in [5.41, 5.74) is 8.55. The maximum atomic E-state index is 11.4. The van der Waals surface area contributed by atoms with Gasteiger partial charge in [-0.25, -0.2) is 0 Å². The van der Waals surface area contributed by atoms with Crippen LogP contribution in [0.15, 0.2) is 62.1 Å². The van der Waals surface area contributed by atoms with Crippen molar-refractivity contribution in [3.8, 4) is 17.2 Å². The Morgan fingerprint density at radius 1 is 1.03 bits per heavy atom. The molecule has 0 saturated heterocycles. The van der Waals surface area contributed by atoms with Crippen molar-refractivity contribution in [1.82, 2.24) is 10.1 Å². The lowest BCUT2D eigenvalue weighted by molar-refractivity contribution is 0.425. The molecule has 3 aromatic carbocycles. The van der Waals surface area contributed by atoms with Crippen LogP contribution in [0.25, 0.3) is 22.2 Å². The van der Waals surface area contributed by atoms with Crippen molar-refractivity contribution in [3.63, 3.8) is 0 Å². The van der Waals surface area contributed by atoms with Gasteiger partial charge in [-0.3, -0.25) is 4.55 Å². The summed E-state index contributed by atoms with van der Waals surface area (Å²) in [7, 11) is -4.48. The van der Waals surface area contributed by atoms with E-state index >= 15 is 0 Å². The predicted octanol–water partition coefficient (Wildman–Crippen LogP) is 4.46. The number of anilines is 1. The summed E-state index contributed by atoms with van der Waals surface area (Å²) in [5, 5.41) is 23.0. The zero-order valence-corrected chi connectivity index (χ0v) is 17.3. The Labute approximate surface area is 176 Å². The fourth-order valence-corrected chi connectivity index (χ4v) is 3.63. The van der Waals surface area contributed by atoms with Gasteiger partial charge in [0.2, 0.25) is 0 Å². The number of hydrogen-bond acceptors (Lipinski definition) is 9. The van der Waals surface area contributed by atoms with Crippen molar-refractivity contribution in [2.45, 2.75) is 18.7 Å². The van der Waals surface area contributed by atoms with Crippen molar-refractivity contribution in [2.24, 2.45) is 10.2 Å². The van der Waals surface area contributed by atoms with Crippen LogP contribution in [0.4, 0.5) is 17.1 Å². The van der Waals surface area contributed by atoms with Crippen LogP contribution in [0.2, 0.25) is 0 Å². The molecular weight excluding hydrogens is 422 g/mol. The van der Waals surface area contributed by atoms with Gasteiger partial charge in [-0.05, 0) is 43.5 Å². The van der Waals surface area contributed by atoms with Crippen LogP contribution in [0.5, 0.6) is 5.75 Å². The Morgan fingerprint density at radius 3 is 2.42 bits per heavy atom. The van der Waals surface area contributed by atoms with Gasteiger partial charge in [0, 0.05) is 11.5 Å². The fraction of sp³-hybridized carbons (Fsp3) is 0.100. The number of phenolic OH excluding ortho intramolecular Hbond substituents is 1. The van der Waals surface area contributed by atoms with Crippen LogP contribution < -0.4 is 5.73 Å². The lowest BCUT2D eigenvalue weighted by Gasteiger charge is -2.09. The molecule has 0 aliphatic carbocycles. The molecular formula is C20H17N5O5S. The molecule has 0 radical (unpaired) electrons. The third-order valence-electron chi connectivity index (χ3n) is 4.56. The zero-order valence-electron chi connectivity index (χ0n) is 16.4. The van der Waals surface area contributed by atoms with Crippen LogP contribution in [-0.4, -0.2) is 28.2 Å². The number of azo groups is 1. The second-order valence-corrected chi connectivity index (χ2v) is 8.30.